The predicted octanol–water partition coefficient (Wildman–Crippen LogP) is 9.34. The van der Waals surface area contributed by atoms with Crippen LogP contribution in [0.1, 0.15) is 35.6 Å². The van der Waals surface area contributed by atoms with Crippen molar-refractivity contribution in [2.24, 2.45) is 10.2 Å². The Morgan fingerprint density at radius 1 is 0.490 bits per heavy atom. The minimum Gasteiger partial charge on any atom is -0.297 e. The molecule has 0 bridgehead atoms. The van der Waals surface area contributed by atoms with Crippen molar-refractivity contribution in [1.82, 2.24) is 0 Å². The molecule has 3 heterocycles. The summed E-state index contributed by atoms with van der Waals surface area (Å²) in [6.45, 7) is 4.51. The minimum absolute atomic E-state index is 0.612. The molecule has 0 radical (unpaired) electrons. The second-order valence-corrected chi connectivity index (χ2v) is 13.1. The van der Waals surface area contributed by atoms with Crippen molar-refractivity contribution in [2.45, 2.75) is 31.6 Å². The number of hydrazone groups is 2. The van der Waals surface area contributed by atoms with Crippen molar-refractivity contribution in [3.05, 3.63) is 192 Å². The standard InChI is InChI=1S/C43H36N6/c1-32-28-29-38-39(30-32)47-41(34-20-10-4-11-21-34)45-49(37-26-16-7-17-27-37)43(47,35-22-12-5-13-23-35)31-42(2)46(38)40(33-18-8-3-9-19-33)44-48(42)36-24-14-6-15-25-36/h3-30H,31H2,1-2H3/t42-,43-/m1/s1. The number of benzene rings is 6. The first-order valence-corrected chi connectivity index (χ1v) is 16.8. The molecule has 0 aromatic heterocycles. The summed E-state index contributed by atoms with van der Waals surface area (Å²) in [4.78, 5) is 4.97. The normalized spacial score (nSPS) is 21.0. The molecule has 0 spiro atoms. The van der Waals surface area contributed by atoms with Crippen molar-refractivity contribution in [1.29, 1.82) is 0 Å². The smallest absolute Gasteiger partial charge is 0.170 e. The molecule has 3 aliphatic rings. The Kier molecular flexibility index (Phi) is 6.66. The molecule has 0 fully saturated rings. The highest BCUT2D eigenvalue weighted by atomic mass is 15.7. The zero-order valence-electron chi connectivity index (χ0n) is 27.6. The fourth-order valence-corrected chi connectivity index (χ4v) is 7.88. The third-order valence-electron chi connectivity index (χ3n) is 9.97. The number of aryl methyl sites for hydroxylation is 1. The van der Waals surface area contributed by atoms with Gasteiger partial charge in [0.1, 0.15) is 5.66 Å². The van der Waals surface area contributed by atoms with E-state index in [1.807, 2.05) is 0 Å². The van der Waals surface area contributed by atoms with Crippen molar-refractivity contribution in [3.63, 3.8) is 0 Å². The molecule has 0 saturated heterocycles. The van der Waals surface area contributed by atoms with Crippen LogP contribution in [0.2, 0.25) is 0 Å². The molecule has 6 aromatic rings. The van der Waals surface area contributed by atoms with E-state index in [0.29, 0.717) is 6.42 Å². The monoisotopic (exact) mass is 636 g/mol. The van der Waals surface area contributed by atoms with Crippen molar-refractivity contribution in [2.75, 3.05) is 19.8 Å². The largest absolute Gasteiger partial charge is 0.297 e. The Balaban J connectivity index is 1.41. The number of nitrogens with zero attached hydrogens (tertiary/aromatic N) is 6. The Bertz CT molecular complexity index is 2190. The molecule has 0 N–H and O–H groups in total. The third-order valence-corrected chi connectivity index (χ3v) is 9.97. The van der Waals surface area contributed by atoms with Crippen LogP contribution in [-0.2, 0) is 5.66 Å². The lowest BCUT2D eigenvalue weighted by Crippen LogP contribution is -2.62. The van der Waals surface area contributed by atoms with Crippen LogP contribution in [-0.4, -0.2) is 17.3 Å². The molecule has 6 heteroatoms. The van der Waals surface area contributed by atoms with Crippen molar-refractivity contribution in [3.8, 4) is 0 Å². The molecule has 49 heavy (non-hydrogen) atoms. The van der Waals surface area contributed by atoms with Gasteiger partial charge in [-0.25, -0.2) is 10.0 Å². The van der Waals surface area contributed by atoms with Crippen LogP contribution in [0.4, 0.5) is 22.7 Å². The lowest BCUT2D eigenvalue weighted by molar-refractivity contribution is 0.305. The average Bonchev–Trinajstić information content (AvgIpc) is 3.63. The van der Waals surface area contributed by atoms with E-state index in [-0.39, 0.29) is 0 Å². The van der Waals surface area contributed by atoms with Crippen molar-refractivity contribution < 1.29 is 0 Å². The van der Waals surface area contributed by atoms with E-state index in [2.05, 4.69) is 204 Å². The van der Waals surface area contributed by atoms with Gasteiger partial charge in [0.05, 0.1) is 22.7 Å². The molecule has 0 aliphatic carbocycles. The van der Waals surface area contributed by atoms with Gasteiger partial charge in [0.25, 0.3) is 0 Å². The number of fused-ring (bicyclic) bond motifs is 5. The number of amidine groups is 2. The second-order valence-electron chi connectivity index (χ2n) is 13.1. The van der Waals surface area contributed by atoms with Gasteiger partial charge in [0.2, 0.25) is 0 Å². The van der Waals surface area contributed by atoms with Gasteiger partial charge in [-0.1, -0.05) is 133 Å². The fraction of sp³-hybridized carbons (Fsp3) is 0.116. The minimum atomic E-state index is -0.797. The van der Waals surface area contributed by atoms with Crippen LogP contribution in [0, 0.1) is 6.92 Å². The Hall–Kier alpha value is -6.14. The van der Waals surface area contributed by atoms with Gasteiger partial charge in [0.15, 0.2) is 17.3 Å². The molecule has 238 valence electrons. The lowest BCUT2D eigenvalue weighted by atomic mass is 9.85. The van der Waals surface area contributed by atoms with Crippen LogP contribution in [0.25, 0.3) is 0 Å². The van der Waals surface area contributed by atoms with E-state index in [0.717, 1.165) is 51.1 Å². The molecule has 0 unspecified atom stereocenters. The maximum absolute atomic E-state index is 5.61. The number of hydrogen-bond donors (Lipinski definition) is 0. The SMILES string of the molecule is Cc1ccc2c(c1)N1C(c3ccccc3)=NN(c3ccccc3)[C@@]1(c1ccccc1)C[C@@]1(C)N(c3ccccc3)N=C(c3ccccc3)N21. The van der Waals surface area contributed by atoms with Gasteiger partial charge >= 0.3 is 0 Å². The van der Waals surface area contributed by atoms with Crippen LogP contribution >= 0.6 is 0 Å². The van der Waals surface area contributed by atoms with E-state index < -0.39 is 11.3 Å². The highest BCUT2D eigenvalue weighted by Gasteiger charge is 2.63. The van der Waals surface area contributed by atoms with Gasteiger partial charge < -0.3 is 0 Å². The number of para-hydroxylation sites is 2. The summed E-state index contributed by atoms with van der Waals surface area (Å²) >= 11 is 0. The molecule has 6 aromatic carbocycles. The van der Waals surface area contributed by atoms with E-state index in [4.69, 9.17) is 10.2 Å². The summed E-state index contributed by atoms with van der Waals surface area (Å²) in [7, 11) is 0. The van der Waals surface area contributed by atoms with E-state index in [1.165, 1.54) is 5.56 Å². The van der Waals surface area contributed by atoms with Crippen LogP contribution in [0.15, 0.2) is 180 Å². The lowest BCUT2D eigenvalue weighted by Gasteiger charge is -2.49. The highest BCUT2D eigenvalue weighted by molar-refractivity contribution is 6.19. The summed E-state index contributed by atoms with van der Waals surface area (Å²) in [5, 5.41) is 15.6. The number of rotatable bonds is 5. The number of anilines is 4. The van der Waals surface area contributed by atoms with E-state index >= 15 is 0 Å². The summed E-state index contributed by atoms with van der Waals surface area (Å²) in [6.07, 6.45) is 0.612. The Morgan fingerprint density at radius 3 is 1.53 bits per heavy atom. The highest BCUT2D eigenvalue weighted by Crippen LogP contribution is 2.58. The maximum Gasteiger partial charge on any atom is 0.170 e. The van der Waals surface area contributed by atoms with E-state index in [1.54, 1.807) is 0 Å². The second kappa shape index (κ2) is 11.2. The fourth-order valence-electron chi connectivity index (χ4n) is 7.88. The molecular weight excluding hydrogens is 601 g/mol. The van der Waals surface area contributed by atoms with Crippen molar-refractivity contribution >= 4 is 34.4 Å². The van der Waals surface area contributed by atoms with Crippen LogP contribution < -0.4 is 19.8 Å². The molecule has 6 nitrogen and oxygen atoms in total. The summed E-state index contributed by atoms with van der Waals surface area (Å²) in [5.41, 5.74) is 7.14. The zero-order valence-corrected chi connectivity index (χ0v) is 27.6. The van der Waals surface area contributed by atoms with Crippen LogP contribution in [0.5, 0.6) is 0 Å². The predicted molar refractivity (Wildman–Crippen MR) is 201 cm³/mol. The first kappa shape index (κ1) is 29.0. The van der Waals surface area contributed by atoms with Gasteiger partial charge in [-0.2, -0.15) is 10.2 Å². The van der Waals surface area contributed by atoms with E-state index in [9.17, 15) is 0 Å². The zero-order chi connectivity index (χ0) is 33.0. The quantitative estimate of drug-likeness (QED) is 0.189. The maximum atomic E-state index is 5.61. The topological polar surface area (TPSA) is 37.7 Å². The summed E-state index contributed by atoms with van der Waals surface area (Å²) < 4.78 is 0. The molecule has 2 atom stereocenters. The number of hydrogen-bond acceptors (Lipinski definition) is 6. The molecule has 9 rings (SSSR count). The van der Waals surface area contributed by atoms with Gasteiger partial charge in [-0.05, 0) is 55.8 Å². The Labute approximate surface area is 287 Å². The molecular formula is C43H36N6. The summed E-state index contributed by atoms with van der Waals surface area (Å²) in [6, 6.07) is 60.0. The first-order valence-electron chi connectivity index (χ1n) is 16.8. The molecule has 0 amide bonds. The van der Waals surface area contributed by atoms with Gasteiger partial charge in [-0.3, -0.25) is 9.80 Å². The molecule has 3 aliphatic heterocycles. The van der Waals surface area contributed by atoms with Gasteiger partial charge in [-0.15, -0.1) is 0 Å². The Morgan fingerprint density at radius 2 is 0.959 bits per heavy atom. The first-order chi connectivity index (χ1) is 24.1. The average molecular weight is 637 g/mol. The molecule has 0 saturated carbocycles. The summed E-state index contributed by atoms with van der Waals surface area (Å²) in [5.74, 6) is 1.81. The van der Waals surface area contributed by atoms with Gasteiger partial charge in [0, 0.05) is 23.1 Å². The third kappa shape index (κ3) is 4.41. The van der Waals surface area contributed by atoms with Crippen LogP contribution in [0.3, 0.4) is 0 Å².